The summed E-state index contributed by atoms with van der Waals surface area (Å²) in [5.41, 5.74) is -0.698. The molecule has 2 aliphatic rings. The number of aliphatic hydroxyl groups is 1. The second kappa shape index (κ2) is 7.62. The number of hydrogen-bond donors (Lipinski definition) is 1. The minimum absolute atomic E-state index is 0.0724. The minimum Gasteiger partial charge on any atom is -0.389 e. The van der Waals surface area contributed by atoms with E-state index in [9.17, 15) is 14.7 Å². The molecule has 2 heterocycles. The van der Waals surface area contributed by atoms with Gasteiger partial charge < -0.3 is 14.9 Å². The molecule has 0 spiro atoms. The van der Waals surface area contributed by atoms with Gasteiger partial charge in [0.2, 0.25) is 11.8 Å². The summed E-state index contributed by atoms with van der Waals surface area (Å²) in [4.78, 5) is 30.2. The van der Waals surface area contributed by atoms with Crippen LogP contribution in [0.1, 0.15) is 46.5 Å². The molecule has 1 atom stereocenters. The number of rotatable bonds is 4. The topological polar surface area (TPSA) is 64.1 Å². The number of piperazine rings is 1. The lowest BCUT2D eigenvalue weighted by Gasteiger charge is -2.39. The molecule has 0 aromatic heterocycles. The van der Waals surface area contributed by atoms with Crippen molar-refractivity contribution in [2.24, 2.45) is 0 Å². The first-order chi connectivity index (χ1) is 10.8. The Bertz CT molecular complexity index is 425. The summed E-state index contributed by atoms with van der Waals surface area (Å²) >= 11 is 0. The standard InChI is InChI=1S/C17H31N3O3/c1-14(21)20-7-5-4-6-15(20)12-16(22)19-10-8-18(9-11-19)13-17(2,3)23/h15,23H,4-13H2,1-3H3/t15-/m1/s1. The molecule has 2 amide bonds. The predicted molar refractivity (Wildman–Crippen MR) is 89.0 cm³/mol. The molecule has 6 nitrogen and oxygen atoms in total. The molecule has 0 aromatic rings. The van der Waals surface area contributed by atoms with Crippen LogP contribution in [0.25, 0.3) is 0 Å². The van der Waals surface area contributed by atoms with Crippen LogP contribution in [0.2, 0.25) is 0 Å². The van der Waals surface area contributed by atoms with Gasteiger partial charge in [-0.2, -0.15) is 0 Å². The van der Waals surface area contributed by atoms with E-state index in [1.807, 2.05) is 23.6 Å². The van der Waals surface area contributed by atoms with Gasteiger partial charge in [-0.3, -0.25) is 14.5 Å². The molecular formula is C17H31N3O3. The number of carbonyl (C=O) groups is 2. The highest BCUT2D eigenvalue weighted by molar-refractivity contribution is 5.79. The van der Waals surface area contributed by atoms with Crippen molar-refractivity contribution in [1.29, 1.82) is 0 Å². The lowest BCUT2D eigenvalue weighted by molar-refractivity contribution is -0.138. The normalized spacial score (nSPS) is 23.9. The van der Waals surface area contributed by atoms with Crippen LogP contribution in [0.4, 0.5) is 0 Å². The monoisotopic (exact) mass is 325 g/mol. The second-order valence-electron chi connectivity index (χ2n) is 7.54. The number of nitrogens with zero attached hydrogens (tertiary/aromatic N) is 3. The molecule has 6 heteroatoms. The van der Waals surface area contributed by atoms with E-state index in [4.69, 9.17) is 0 Å². The maximum atomic E-state index is 12.5. The summed E-state index contributed by atoms with van der Waals surface area (Å²) < 4.78 is 0. The average molecular weight is 325 g/mol. The predicted octanol–water partition coefficient (Wildman–Crippen LogP) is 0.693. The van der Waals surface area contributed by atoms with Crippen LogP contribution in [0, 0.1) is 0 Å². The van der Waals surface area contributed by atoms with E-state index in [0.29, 0.717) is 26.1 Å². The number of piperidine rings is 1. The van der Waals surface area contributed by atoms with Gasteiger partial charge in [-0.25, -0.2) is 0 Å². The molecule has 2 fully saturated rings. The van der Waals surface area contributed by atoms with Crippen LogP contribution in [-0.2, 0) is 9.59 Å². The Hall–Kier alpha value is -1.14. The van der Waals surface area contributed by atoms with E-state index in [-0.39, 0.29) is 17.9 Å². The molecule has 2 aliphatic heterocycles. The van der Waals surface area contributed by atoms with Gasteiger partial charge in [0.1, 0.15) is 0 Å². The fourth-order valence-corrected chi connectivity index (χ4v) is 3.66. The zero-order valence-electron chi connectivity index (χ0n) is 14.8. The molecular weight excluding hydrogens is 294 g/mol. The van der Waals surface area contributed by atoms with Crippen molar-refractivity contribution in [2.75, 3.05) is 39.3 Å². The van der Waals surface area contributed by atoms with E-state index < -0.39 is 5.60 Å². The summed E-state index contributed by atoms with van der Waals surface area (Å²) in [6.07, 6.45) is 3.52. The van der Waals surface area contributed by atoms with Gasteiger partial charge in [-0.15, -0.1) is 0 Å². The number of carbonyl (C=O) groups excluding carboxylic acids is 2. The Morgan fingerprint density at radius 1 is 1.09 bits per heavy atom. The van der Waals surface area contributed by atoms with Crippen molar-refractivity contribution >= 4 is 11.8 Å². The average Bonchev–Trinajstić information content (AvgIpc) is 2.46. The minimum atomic E-state index is -0.698. The van der Waals surface area contributed by atoms with Gasteiger partial charge in [0, 0.05) is 58.7 Å². The summed E-state index contributed by atoms with van der Waals surface area (Å²) in [7, 11) is 0. The van der Waals surface area contributed by atoms with Crippen molar-refractivity contribution < 1.29 is 14.7 Å². The first kappa shape index (κ1) is 18.2. The molecule has 0 bridgehead atoms. The van der Waals surface area contributed by atoms with Gasteiger partial charge in [-0.05, 0) is 33.1 Å². The Morgan fingerprint density at radius 3 is 2.30 bits per heavy atom. The lowest BCUT2D eigenvalue weighted by Crippen LogP contribution is -2.53. The number of hydrogen-bond acceptors (Lipinski definition) is 4. The summed E-state index contributed by atoms with van der Waals surface area (Å²) in [5.74, 6) is 0.239. The molecule has 0 unspecified atom stereocenters. The first-order valence-corrected chi connectivity index (χ1v) is 8.76. The van der Waals surface area contributed by atoms with Crippen molar-refractivity contribution in [3.63, 3.8) is 0 Å². The van der Waals surface area contributed by atoms with E-state index in [1.165, 1.54) is 0 Å². The van der Waals surface area contributed by atoms with Gasteiger partial charge in [0.05, 0.1) is 5.60 Å². The smallest absolute Gasteiger partial charge is 0.224 e. The molecule has 23 heavy (non-hydrogen) atoms. The largest absolute Gasteiger partial charge is 0.389 e. The van der Waals surface area contributed by atoms with Crippen molar-refractivity contribution in [1.82, 2.24) is 14.7 Å². The maximum Gasteiger partial charge on any atom is 0.224 e. The number of amides is 2. The van der Waals surface area contributed by atoms with E-state index in [0.717, 1.165) is 38.9 Å². The summed E-state index contributed by atoms with van der Waals surface area (Å²) in [6.45, 7) is 9.66. The third-order valence-electron chi connectivity index (χ3n) is 4.78. The van der Waals surface area contributed by atoms with E-state index in [2.05, 4.69) is 4.90 Å². The highest BCUT2D eigenvalue weighted by atomic mass is 16.3. The van der Waals surface area contributed by atoms with Crippen LogP contribution >= 0.6 is 0 Å². The highest BCUT2D eigenvalue weighted by Crippen LogP contribution is 2.21. The zero-order valence-corrected chi connectivity index (χ0v) is 14.8. The molecule has 1 N–H and O–H groups in total. The van der Waals surface area contributed by atoms with Crippen molar-refractivity contribution in [3.8, 4) is 0 Å². The lowest BCUT2D eigenvalue weighted by atomic mass is 9.98. The van der Waals surface area contributed by atoms with Crippen LogP contribution in [-0.4, -0.2) is 82.5 Å². The zero-order chi connectivity index (χ0) is 17.0. The Morgan fingerprint density at radius 2 is 1.74 bits per heavy atom. The van der Waals surface area contributed by atoms with E-state index in [1.54, 1.807) is 6.92 Å². The molecule has 0 radical (unpaired) electrons. The third-order valence-corrected chi connectivity index (χ3v) is 4.78. The Balaban J connectivity index is 1.81. The van der Waals surface area contributed by atoms with Crippen molar-refractivity contribution in [2.45, 2.75) is 58.1 Å². The van der Waals surface area contributed by atoms with Crippen molar-refractivity contribution in [3.05, 3.63) is 0 Å². The maximum absolute atomic E-state index is 12.5. The van der Waals surface area contributed by atoms with Gasteiger partial charge >= 0.3 is 0 Å². The number of likely N-dealkylation sites (tertiary alicyclic amines) is 1. The van der Waals surface area contributed by atoms with Crippen LogP contribution in [0.5, 0.6) is 0 Å². The van der Waals surface area contributed by atoms with Gasteiger partial charge in [0.25, 0.3) is 0 Å². The fourth-order valence-electron chi connectivity index (χ4n) is 3.66. The van der Waals surface area contributed by atoms with Crippen LogP contribution in [0.3, 0.4) is 0 Å². The Labute approximate surface area is 139 Å². The first-order valence-electron chi connectivity index (χ1n) is 8.76. The second-order valence-corrected chi connectivity index (χ2v) is 7.54. The van der Waals surface area contributed by atoms with Crippen LogP contribution in [0.15, 0.2) is 0 Å². The highest BCUT2D eigenvalue weighted by Gasteiger charge is 2.30. The molecule has 2 saturated heterocycles. The summed E-state index contributed by atoms with van der Waals surface area (Å²) in [5, 5.41) is 9.88. The van der Waals surface area contributed by atoms with E-state index >= 15 is 0 Å². The summed E-state index contributed by atoms with van der Waals surface area (Å²) in [6, 6.07) is 0.0724. The molecule has 2 rings (SSSR count). The fraction of sp³-hybridized carbons (Fsp3) is 0.882. The third kappa shape index (κ3) is 5.46. The molecule has 132 valence electrons. The Kier molecular flexibility index (Phi) is 6.03. The molecule has 0 saturated carbocycles. The van der Waals surface area contributed by atoms with Gasteiger partial charge in [0.15, 0.2) is 0 Å². The van der Waals surface area contributed by atoms with Gasteiger partial charge in [-0.1, -0.05) is 0 Å². The SMILES string of the molecule is CC(=O)N1CCCC[C@@H]1CC(=O)N1CCN(CC(C)(C)O)CC1. The molecule has 0 aliphatic carbocycles. The quantitative estimate of drug-likeness (QED) is 0.826. The number of β-amino-alcohol motifs (C(OH)–C–C–N with tert-alkyl or cyclic N) is 1. The molecule has 0 aromatic carbocycles. The van der Waals surface area contributed by atoms with Crippen LogP contribution < -0.4 is 0 Å².